The van der Waals surface area contributed by atoms with Crippen LogP contribution in [0.15, 0.2) is 60.7 Å². The van der Waals surface area contributed by atoms with Crippen molar-refractivity contribution in [3.63, 3.8) is 0 Å². The molecular weight excluding hydrogens is 362 g/mol. The summed E-state index contributed by atoms with van der Waals surface area (Å²) in [5.74, 6) is -0.151. The van der Waals surface area contributed by atoms with Crippen molar-refractivity contribution in [3.8, 4) is 0 Å². The lowest BCUT2D eigenvalue weighted by Gasteiger charge is -2.48. The molecule has 3 heterocycles. The van der Waals surface area contributed by atoms with Gasteiger partial charge in [-0.2, -0.15) is 0 Å². The van der Waals surface area contributed by atoms with Gasteiger partial charge in [-0.05, 0) is 25.0 Å². The normalized spacial score (nSPS) is 35.1. The van der Waals surface area contributed by atoms with E-state index in [2.05, 4.69) is 14.0 Å². The number of likely N-dealkylation sites (N-methyl/N-ethyl adjacent to an activating group) is 1. The first kappa shape index (κ1) is 18.8. The van der Waals surface area contributed by atoms with E-state index in [9.17, 15) is 4.79 Å². The molecule has 4 heteroatoms. The molecule has 0 aliphatic carbocycles. The van der Waals surface area contributed by atoms with Crippen LogP contribution < -0.4 is 0 Å². The third-order valence-electron chi connectivity index (χ3n) is 7.91. The molecule has 0 radical (unpaired) electrons. The summed E-state index contributed by atoms with van der Waals surface area (Å²) in [6.07, 6.45) is 2.49. The lowest BCUT2D eigenvalue weighted by atomic mass is 9.76. The SMILES string of the molecule is CC[N+]1(C)C2CC(OC(=O)C(C)(c3ccccc3)c3ccccc3)C[C@H]1[C@@H]1OC21. The number of piperidine rings is 1. The van der Waals surface area contributed by atoms with E-state index >= 15 is 0 Å². The summed E-state index contributed by atoms with van der Waals surface area (Å²) in [6.45, 7) is 5.36. The van der Waals surface area contributed by atoms with Crippen molar-refractivity contribution in [2.24, 2.45) is 0 Å². The number of carbonyl (C=O) groups excluding carboxylic acids is 1. The quantitative estimate of drug-likeness (QED) is 0.443. The van der Waals surface area contributed by atoms with Crippen molar-refractivity contribution in [2.45, 2.75) is 62.5 Å². The van der Waals surface area contributed by atoms with Gasteiger partial charge in [0, 0.05) is 12.8 Å². The maximum Gasteiger partial charge on any atom is 0.321 e. The molecule has 2 aromatic rings. The van der Waals surface area contributed by atoms with Gasteiger partial charge < -0.3 is 14.0 Å². The minimum absolute atomic E-state index is 0.0293. The fraction of sp³-hybridized carbons (Fsp3) is 0.480. The molecule has 0 spiro atoms. The Morgan fingerprint density at radius 1 is 1.00 bits per heavy atom. The number of benzene rings is 2. The van der Waals surface area contributed by atoms with Gasteiger partial charge in [-0.3, -0.25) is 4.79 Å². The Hall–Kier alpha value is -2.17. The van der Waals surface area contributed by atoms with Crippen molar-refractivity contribution in [2.75, 3.05) is 13.6 Å². The van der Waals surface area contributed by atoms with Gasteiger partial charge in [-0.25, -0.2) is 0 Å². The van der Waals surface area contributed by atoms with E-state index in [0.717, 1.165) is 35.0 Å². The first-order valence-corrected chi connectivity index (χ1v) is 10.8. The summed E-state index contributed by atoms with van der Waals surface area (Å²) < 4.78 is 13.2. The van der Waals surface area contributed by atoms with Crippen LogP contribution in [-0.4, -0.2) is 54.4 Å². The Morgan fingerprint density at radius 2 is 1.48 bits per heavy atom. The highest BCUT2D eigenvalue weighted by Crippen LogP contribution is 2.52. The van der Waals surface area contributed by atoms with Crippen molar-refractivity contribution in [1.29, 1.82) is 0 Å². The zero-order valence-corrected chi connectivity index (χ0v) is 17.5. The number of hydrogen-bond donors (Lipinski definition) is 0. The predicted molar refractivity (Wildman–Crippen MR) is 111 cm³/mol. The highest BCUT2D eigenvalue weighted by Gasteiger charge is 2.71. The molecule has 3 fully saturated rings. The largest absolute Gasteiger partial charge is 0.461 e. The average molecular weight is 393 g/mol. The van der Waals surface area contributed by atoms with Gasteiger partial charge in [0.15, 0.2) is 0 Å². The van der Waals surface area contributed by atoms with Crippen LogP contribution in [-0.2, 0) is 19.7 Å². The summed E-state index contributed by atoms with van der Waals surface area (Å²) in [4.78, 5) is 13.6. The molecule has 4 nitrogen and oxygen atoms in total. The minimum atomic E-state index is -0.818. The first-order chi connectivity index (χ1) is 14.0. The Balaban J connectivity index is 1.42. The fourth-order valence-corrected chi connectivity index (χ4v) is 5.84. The van der Waals surface area contributed by atoms with Crippen molar-refractivity contribution in [1.82, 2.24) is 0 Å². The Morgan fingerprint density at radius 3 is 1.93 bits per heavy atom. The Labute approximate surface area is 173 Å². The average Bonchev–Trinajstić information content (AvgIpc) is 3.53. The van der Waals surface area contributed by atoms with Gasteiger partial charge in [0.1, 0.15) is 35.8 Å². The number of quaternary nitrogens is 1. The molecule has 2 aromatic carbocycles. The zero-order chi connectivity index (χ0) is 20.2. The molecule has 4 unspecified atom stereocenters. The monoisotopic (exact) mass is 392 g/mol. The molecule has 3 aliphatic rings. The van der Waals surface area contributed by atoms with Crippen LogP contribution in [0, 0.1) is 0 Å². The van der Waals surface area contributed by atoms with Crippen LogP contribution in [0.2, 0.25) is 0 Å². The number of carbonyl (C=O) groups is 1. The summed E-state index contributed by atoms with van der Waals surface area (Å²) in [6, 6.07) is 20.9. The summed E-state index contributed by atoms with van der Waals surface area (Å²) in [5, 5.41) is 0. The van der Waals surface area contributed by atoms with Crippen molar-refractivity contribution < 1.29 is 18.8 Å². The fourth-order valence-electron chi connectivity index (χ4n) is 5.84. The van der Waals surface area contributed by atoms with E-state index in [0.29, 0.717) is 24.3 Å². The smallest absolute Gasteiger partial charge is 0.321 e. The second-order valence-electron chi connectivity index (χ2n) is 9.22. The molecule has 0 N–H and O–H groups in total. The number of epoxide rings is 1. The zero-order valence-electron chi connectivity index (χ0n) is 17.5. The van der Waals surface area contributed by atoms with Crippen molar-refractivity contribution >= 4 is 5.97 Å². The molecule has 0 aromatic heterocycles. The molecular formula is C25H30NO3+. The second-order valence-corrected chi connectivity index (χ2v) is 9.22. The van der Waals surface area contributed by atoms with E-state index in [-0.39, 0.29) is 12.1 Å². The van der Waals surface area contributed by atoms with Gasteiger partial charge in [-0.1, -0.05) is 60.7 Å². The highest BCUT2D eigenvalue weighted by molar-refractivity contribution is 5.87. The van der Waals surface area contributed by atoms with Crippen LogP contribution in [0.5, 0.6) is 0 Å². The number of rotatable bonds is 5. The van der Waals surface area contributed by atoms with E-state index < -0.39 is 5.41 Å². The molecule has 3 saturated heterocycles. The molecule has 3 aliphatic heterocycles. The van der Waals surface area contributed by atoms with Gasteiger partial charge in [0.25, 0.3) is 0 Å². The summed E-state index contributed by atoms with van der Waals surface area (Å²) >= 11 is 0. The molecule has 5 rings (SSSR count). The van der Waals surface area contributed by atoms with Crippen LogP contribution in [0.25, 0.3) is 0 Å². The molecule has 2 bridgehead atoms. The number of nitrogens with zero attached hydrogens (tertiary/aromatic N) is 1. The van der Waals surface area contributed by atoms with E-state index in [1.54, 1.807) is 0 Å². The Kier molecular flexibility index (Phi) is 4.34. The van der Waals surface area contributed by atoms with Gasteiger partial charge in [-0.15, -0.1) is 0 Å². The maximum absolute atomic E-state index is 13.6. The lowest BCUT2D eigenvalue weighted by molar-refractivity contribution is -0.954. The van der Waals surface area contributed by atoms with Crippen LogP contribution >= 0.6 is 0 Å². The van der Waals surface area contributed by atoms with Crippen LogP contribution in [0.4, 0.5) is 0 Å². The lowest BCUT2D eigenvalue weighted by Crippen LogP contribution is -2.62. The highest BCUT2D eigenvalue weighted by atomic mass is 16.6. The third kappa shape index (κ3) is 2.77. The van der Waals surface area contributed by atoms with Crippen molar-refractivity contribution in [3.05, 3.63) is 71.8 Å². The first-order valence-electron chi connectivity index (χ1n) is 10.8. The number of esters is 1. The summed E-state index contributed by atoms with van der Waals surface area (Å²) in [5.41, 5.74) is 1.12. The number of fused-ring (bicyclic) bond motifs is 5. The second kappa shape index (κ2) is 6.68. The van der Waals surface area contributed by atoms with Gasteiger partial charge in [0.05, 0.1) is 13.6 Å². The predicted octanol–water partition coefficient (Wildman–Crippen LogP) is 3.68. The minimum Gasteiger partial charge on any atom is -0.461 e. The number of hydrogen-bond acceptors (Lipinski definition) is 3. The summed E-state index contributed by atoms with van der Waals surface area (Å²) in [7, 11) is 2.35. The molecule has 29 heavy (non-hydrogen) atoms. The van der Waals surface area contributed by atoms with Crippen LogP contribution in [0.3, 0.4) is 0 Å². The topological polar surface area (TPSA) is 38.8 Å². The van der Waals surface area contributed by atoms with Crippen LogP contribution in [0.1, 0.15) is 37.8 Å². The van der Waals surface area contributed by atoms with E-state index in [4.69, 9.17) is 9.47 Å². The van der Waals surface area contributed by atoms with E-state index in [1.165, 1.54) is 0 Å². The molecule has 0 saturated carbocycles. The van der Waals surface area contributed by atoms with Gasteiger partial charge >= 0.3 is 5.97 Å². The number of ether oxygens (including phenoxy) is 2. The number of morpholine rings is 1. The molecule has 152 valence electrons. The molecule has 0 amide bonds. The van der Waals surface area contributed by atoms with E-state index in [1.807, 2.05) is 67.6 Å². The third-order valence-corrected chi connectivity index (χ3v) is 7.91. The molecule has 6 atom stereocenters. The Bertz CT molecular complexity index is 839. The van der Waals surface area contributed by atoms with Gasteiger partial charge in [0.2, 0.25) is 0 Å². The maximum atomic E-state index is 13.6. The standard InChI is InChI=1S/C25H30NO3/c1-4-26(3)20-15-19(16-21(26)23-22(20)29-23)28-24(27)25(2,17-11-7-5-8-12-17)18-13-9-6-10-14-18/h5-14,19-23H,4,15-16H2,1-3H3/q+1/t19?,20-,21?,22-,23?,26?/m0/s1.